The van der Waals surface area contributed by atoms with Crippen LogP contribution in [-0.2, 0) is 14.3 Å². The van der Waals surface area contributed by atoms with Gasteiger partial charge in [0.25, 0.3) is 11.8 Å². The fourth-order valence-corrected chi connectivity index (χ4v) is 4.10. The van der Waals surface area contributed by atoms with Gasteiger partial charge in [-0.1, -0.05) is 42.5 Å². The molecule has 3 rings (SSSR count). The van der Waals surface area contributed by atoms with Crippen LogP contribution in [0.1, 0.15) is 11.6 Å². The number of likely N-dealkylation sites (N-methyl/N-ethyl adjacent to an activating group) is 1. The molecule has 0 aromatic heterocycles. The molecule has 0 bridgehead atoms. The standard InChI is InChI=1S/C22H27N3O3S/c1-24(16-20(26)23-18-10-6-7-11-19(18)29-2)21(17-8-4-3-5-9-17)22(27)25-12-14-28-15-13-25/h3-11,21H,12-16H2,1-2H3,(H,23,26)/p+1/t21-/m1/s1. The van der Waals surface area contributed by atoms with E-state index in [0.717, 1.165) is 21.0 Å². The lowest BCUT2D eigenvalue weighted by Crippen LogP contribution is -3.11. The smallest absolute Gasteiger partial charge is 0.285 e. The Balaban J connectivity index is 1.74. The predicted molar refractivity (Wildman–Crippen MR) is 115 cm³/mol. The van der Waals surface area contributed by atoms with Gasteiger partial charge in [-0.05, 0) is 18.4 Å². The van der Waals surface area contributed by atoms with E-state index in [4.69, 9.17) is 4.74 Å². The first-order chi connectivity index (χ1) is 14.1. The van der Waals surface area contributed by atoms with Crippen LogP contribution >= 0.6 is 11.8 Å². The first kappa shape index (κ1) is 21.4. The van der Waals surface area contributed by atoms with Crippen molar-refractivity contribution in [2.45, 2.75) is 10.9 Å². The number of quaternary nitrogens is 1. The van der Waals surface area contributed by atoms with E-state index in [0.29, 0.717) is 26.3 Å². The zero-order valence-electron chi connectivity index (χ0n) is 16.9. The lowest BCUT2D eigenvalue weighted by atomic mass is 10.0. The molecule has 7 heteroatoms. The molecule has 2 aromatic carbocycles. The van der Waals surface area contributed by atoms with E-state index >= 15 is 0 Å². The highest BCUT2D eigenvalue weighted by atomic mass is 32.2. The zero-order chi connectivity index (χ0) is 20.6. The van der Waals surface area contributed by atoms with Crippen molar-refractivity contribution >= 4 is 29.3 Å². The average molecular weight is 415 g/mol. The summed E-state index contributed by atoms with van der Waals surface area (Å²) in [7, 11) is 1.90. The molecule has 1 aliphatic heterocycles. The number of ether oxygens (including phenoxy) is 1. The third-order valence-electron chi connectivity index (χ3n) is 5.02. The Morgan fingerprint density at radius 2 is 1.76 bits per heavy atom. The highest BCUT2D eigenvalue weighted by Crippen LogP contribution is 2.24. The Labute approximate surface area is 176 Å². The van der Waals surface area contributed by atoms with Crippen molar-refractivity contribution in [3.8, 4) is 0 Å². The largest absolute Gasteiger partial charge is 0.378 e. The third-order valence-corrected chi connectivity index (χ3v) is 5.81. The van der Waals surface area contributed by atoms with Crippen molar-refractivity contribution in [2.75, 3.05) is 51.5 Å². The normalized spacial score (nSPS) is 16.1. The summed E-state index contributed by atoms with van der Waals surface area (Å²) in [5, 5.41) is 2.99. The number of para-hydroxylation sites is 1. The average Bonchev–Trinajstić information content (AvgIpc) is 2.75. The summed E-state index contributed by atoms with van der Waals surface area (Å²) in [4.78, 5) is 29.7. The summed E-state index contributed by atoms with van der Waals surface area (Å²) in [5.41, 5.74) is 1.72. The number of hydrogen-bond donors (Lipinski definition) is 2. The number of hydrogen-bond acceptors (Lipinski definition) is 4. The molecule has 0 aliphatic carbocycles. The van der Waals surface area contributed by atoms with Gasteiger partial charge in [-0.3, -0.25) is 9.59 Å². The maximum atomic E-state index is 13.3. The molecule has 0 spiro atoms. The Morgan fingerprint density at radius 1 is 1.10 bits per heavy atom. The number of morpholine rings is 1. The van der Waals surface area contributed by atoms with Crippen LogP contribution in [0.5, 0.6) is 0 Å². The van der Waals surface area contributed by atoms with E-state index in [1.807, 2.05) is 72.8 Å². The Bertz CT molecular complexity index is 825. The second-order valence-electron chi connectivity index (χ2n) is 7.05. The first-order valence-corrected chi connectivity index (χ1v) is 11.0. The summed E-state index contributed by atoms with van der Waals surface area (Å²) in [5.74, 6) is -0.0750. The van der Waals surface area contributed by atoms with E-state index in [2.05, 4.69) is 5.32 Å². The Hall–Kier alpha value is -2.35. The Morgan fingerprint density at radius 3 is 2.45 bits per heavy atom. The van der Waals surface area contributed by atoms with E-state index in [1.54, 1.807) is 11.8 Å². The lowest BCUT2D eigenvalue weighted by molar-refractivity contribution is -0.894. The highest BCUT2D eigenvalue weighted by molar-refractivity contribution is 7.98. The highest BCUT2D eigenvalue weighted by Gasteiger charge is 2.34. The minimum absolute atomic E-state index is 0.0364. The van der Waals surface area contributed by atoms with Gasteiger partial charge in [-0.2, -0.15) is 0 Å². The number of carbonyl (C=O) groups excluding carboxylic acids is 2. The van der Waals surface area contributed by atoms with Crippen molar-refractivity contribution in [2.24, 2.45) is 0 Å². The van der Waals surface area contributed by atoms with E-state index in [-0.39, 0.29) is 18.4 Å². The quantitative estimate of drug-likeness (QED) is 0.674. The van der Waals surface area contributed by atoms with Crippen LogP contribution in [0.25, 0.3) is 0 Å². The molecule has 154 valence electrons. The third kappa shape index (κ3) is 5.59. The fraction of sp³-hybridized carbons (Fsp3) is 0.364. The molecule has 0 radical (unpaired) electrons. The molecule has 1 unspecified atom stereocenters. The molecule has 2 amide bonds. The molecular weight excluding hydrogens is 386 g/mol. The number of amides is 2. The lowest BCUT2D eigenvalue weighted by Gasteiger charge is -2.32. The predicted octanol–water partition coefficient (Wildman–Crippen LogP) is 1.46. The number of carbonyl (C=O) groups is 2. The van der Waals surface area contributed by atoms with Gasteiger partial charge in [-0.15, -0.1) is 11.8 Å². The first-order valence-electron chi connectivity index (χ1n) is 9.77. The second kappa shape index (κ2) is 10.4. The summed E-state index contributed by atoms with van der Waals surface area (Å²) >= 11 is 1.59. The van der Waals surface area contributed by atoms with Crippen LogP contribution in [0, 0.1) is 0 Å². The summed E-state index contributed by atoms with van der Waals surface area (Å²) in [6.07, 6.45) is 1.98. The minimum atomic E-state index is -0.434. The Kier molecular flexibility index (Phi) is 7.69. The molecule has 2 aromatic rings. The van der Waals surface area contributed by atoms with Crippen LogP contribution in [0.3, 0.4) is 0 Å². The van der Waals surface area contributed by atoms with Crippen molar-refractivity contribution in [1.82, 2.24) is 4.90 Å². The van der Waals surface area contributed by atoms with Crippen LogP contribution in [0.2, 0.25) is 0 Å². The van der Waals surface area contributed by atoms with Gasteiger partial charge < -0.3 is 19.9 Å². The van der Waals surface area contributed by atoms with Gasteiger partial charge in [0.2, 0.25) is 0 Å². The number of anilines is 1. The van der Waals surface area contributed by atoms with Crippen LogP contribution < -0.4 is 10.2 Å². The van der Waals surface area contributed by atoms with E-state index in [1.165, 1.54) is 0 Å². The molecule has 1 heterocycles. The van der Waals surface area contributed by atoms with Gasteiger partial charge in [0, 0.05) is 23.5 Å². The van der Waals surface area contributed by atoms with Crippen LogP contribution in [-0.4, -0.2) is 62.9 Å². The van der Waals surface area contributed by atoms with Gasteiger partial charge >= 0.3 is 0 Å². The minimum Gasteiger partial charge on any atom is -0.378 e. The van der Waals surface area contributed by atoms with Crippen molar-refractivity contribution in [1.29, 1.82) is 0 Å². The van der Waals surface area contributed by atoms with E-state index in [9.17, 15) is 9.59 Å². The molecule has 2 atom stereocenters. The molecule has 29 heavy (non-hydrogen) atoms. The number of nitrogens with one attached hydrogen (secondary N) is 2. The monoisotopic (exact) mass is 414 g/mol. The van der Waals surface area contributed by atoms with Gasteiger partial charge in [0.15, 0.2) is 12.6 Å². The maximum Gasteiger partial charge on any atom is 0.285 e. The number of rotatable bonds is 7. The second-order valence-corrected chi connectivity index (χ2v) is 7.90. The van der Waals surface area contributed by atoms with Crippen LogP contribution in [0.4, 0.5) is 5.69 Å². The fourth-order valence-electron chi connectivity index (χ4n) is 3.55. The van der Waals surface area contributed by atoms with Crippen LogP contribution in [0.15, 0.2) is 59.5 Å². The van der Waals surface area contributed by atoms with Gasteiger partial charge in [0.1, 0.15) is 0 Å². The SMILES string of the molecule is CSc1ccccc1NC(=O)C[NH+](C)[C@@H](C(=O)N1CCOCC1)c1ccccc1. The van der Waals surface area contributed by atoms with Gasteiger partial charge in [-0.25, -0.2) is 0 Å². The molecule has 1 fully saturated rings. The molecule has 2 N–H and O–H groups in total. The summed E-state index contributed by atoms with van der Waals surface area (Å²) in [6.45, 7) is 2.47. The molecule has 1 aliphatic rings. The molecular formula is C22H28N3O3S+. The number of nitrogens with zero attached hydrogens (tertiary/aromatic N) is 1. The summed E-state index contributed by atoms with van der Waals surface area (Å²) < 4.78 is 5.38. The van der Waals surface area contributed by atoms with Crippen molar-refractivity contribution in [3.63, 3.8) is 0 Å². The maximum absolute atomic E-state index is 13.3. The van der Waals surface area contributed by atoms with Crippen molar-refractivity contribution in [3.05, 3.63) is 60.2 Å². The van der Waals surface area contributed by atoms with Crippen molar-refractivity contribution < 1.29 is 19.2 Å². The number of benzene rings is 2. The molecule has 1 saturated heterocycles. The zero-order valence-corrected chi connectivity index (χ0v) is 17.7. The van der Waals surface area contributed by atoms with E-state index < -0.39 is 6.04 Å². The number of thioether (sulfide) groups is 1. The molecule has 6 nitrogen and oxygen atoms in total. The molecule has 0 saturated carbocycles. The van der Waals surface area contributed by atoms with Gasteiger partial charge in [0.05, 0.1) is 25.9 Å². The summed E-state index contributed by atoms with van der Waals surface area (Å²) in [6, 6.07) is 17.0. The topological polar surface area (TPSA) is 63.1 Å².